The van der Waals surface area contributed by atoms with Crippen molar-refractivity contribution < 1.29 is 22.0 Å². The normalized spacial score (nSPS) is 13.5. The van der Waals surface area contributed by atoms with E-state index in [1.165, 1.54) is 19.1 Å². The molecular formula is C16H13F5N4O. The average molecular weight is 372 g/mol. The minimum Gasteiger partial charge on any atom is -0.310 e. The zero-order valence-corrected chi connectivity index (χ0v) is 13.6. The fraction of sp³-hybridized carbons (Fsp3) is 0.312. The Morgan fingerprint density at radius 3 is 2.31 bits per heavy atom. The van der Waals surface area contributed by atoms with Gasteiger partial charge in [0.15, 0.2) is 5.65 Å². The topological polar surface area (TPSA) is 63.6 Å². The van der Waals surface area contributed by atoms with Crippen molar-refractivity contribution in [3.8, 4) is 0 Å². The monoisotopic (exact) mass is 372 g/mol. The molecule has 0 bridgehead atoms. The molecule has 3 rings (SSSR count). The Hall–Kier alpha value is -2.78. The summed E-state index contributed by atoms with van der Waals surface area (Å²) in [7, 11) is 0. The van der Waals surface area contributed by atoms with E-state index in [0.717, 1.165) is 16.8 Å². The average Bonchev–Trinajstić information content (AvgIpc) is 2.93. The molecule has 1 N–H and O–H groups in total. The van der Waals surface area contributed by atoms with Gasteiger partial charge in [0, 0.05) is 0 Å². The second-order valence-corrected chi connectivity index (χ2v) is 5.78. The number of aryl methyl sites for hydroxylation is 1. The molecule has 0 radical (unpaired) electrons. The standard InChI is InChI=1S/C16H13F5N4O/c1-7(9-3-5-10(6-4-9)16(19,20)21)25-14-11(12(24-25)13(17)18)15(26)23-8(2)22-14/h3-7,13H,1-2H3,(H,22,23,26). The molecular weight excluding hydrogens is 359 g/mol. The van der Waals surface area contributed by atoms with Gasteiger partial charge in [-0.2, -0.15) is 18.3 Å². The number of benzene rings is 1. The minimum absolute atomic E-state index is 0.0473. The first kappa shape index (κ1) is 18.0. The lowest BCUT2D eigenvalue weighted by molar-refractivity contribution is -0.137. The predicted octanol–water partition coefficient (Wildman–Crippen LogP) is 3.99. The predicted molar refractivity (Wildman–Crippen MR) is 83.1 cm³/mol. The molecule has 1 atom stereocenters. The van der Waals surface area contributed by atoms with Crippen LogP contribution in [0, 0.1) is 6.92 Å². The highest BCUT2D eigenvalue weighted by atomic mass is 19.4. The fourth-order valence-corrected chi connectivity index (χ4v) is 2.70. The Morgan fingerprint density at radius 2 is 1.77 bits per heavy atom. The first-order valence-electron chi connectivity index (χ1n) is 7.54. The van der Waals surface area contributed by atoms with Crippen molar-refractivity contribution in [3.05, 3.63) is 57.3 Å². The van der Waals surface area contributed by atoms with Crippen LogP contribution in [0.4, 0.5) is 22.0 Å². The maximum absolute atomic E-state index is 13.3. The van der Waals surface area contributed by atoms with E-state index in [4.69, 9.17) is 0 Å². The third kappa shape index (κ3) is 3.06. The number of aromatic amines is 1. The Kier molecular flexibility index (Phi) is 4.29. The summed E-state index contributed by atoms with van der Waals surface area (Å²) in [6.07, 6.45) is -7.47. The third-order valence-electron chi connectivity index (χ3n) is 4.00. The summed E-state index contributed by atoms with van der Waals surface area (Å²) in [6, 6.07) is 3.57. The summed E-state index contributed by atoms with van der Waals surface area (Å²) in [5.74, 6) is 0.212. The molecule has 0 aliphatic heterocycles. The Bertz CT molecular complexity index is 1000. The number of halogens is 5. The van der Waals surface area contributed by atoms with Gasteiger partial charge in [-0.15, -0.1) is 0 Å². The number of hydrogen-bond acceptors (Lipinski definition) is 3. The van der Waals surface area contributed by atoms with Crippen molar-refractivity contribution in [1.29, 1.82) is 0 Å². The van der Waals surface area contributed by atoms with E-state index in [1.807, 2.05) is 0 Å². The first-order chi connectivity index (χ1) is 12.1. The van der Waals surface area contributed by atoms with E-state index in [9.17, 15) is 26.7 Å². The minimum atomic E-state index is -4.48. The highest BCUT2D eigenvalue weighted by molar-refractivity contribution is 5.77. The van der Waals surface area contributed by atoms with Gasteiger partial charge in [-0.1, -0.05) is 12.1 Å². The van der Waals surface area contributed by atoms with Gasteiger partial charge >= 0.3 is 6.18 Å². The molecule has 2 aromatic heterocycles. The third-order valence-corrected chi connectivity index (χ3v) is 4.00. The molecule has 3 aromatic rings. The smallest absolute Gasteiger partial charge is 0.310 e. The van der Waals surface area contributed by atoms with Crippen LogP contribution in [0.15, 0.2) is 29.1 Å². The van der Waals surface area contributed by atoms with E-state index < -0.39 is 35.5 Å². The van der Waals surface area contributed by atoms with Gasteiger partial charge in [-0.05, 0) is 31.5 Å². The van der Waals surface area contributed by atoms with Crippen molar-refractivity contribution in [2.75, 3.05) is 0 Å². The van der Waals surface area contributed by atoms with Crippen LogP contribution in [0.25, 0.3) is 11.0 Å². The SMILES string of the molecule is Cc1nc2c(c(C(F)F)nn2C(C)c2ccc(C(F)(F)F)cc2)c(=O)[nH]1. The quantitative estimate of drug-likeness (QED) is 0.707. The van der Waals surface area contributed by atoms with Gasteiger partial charge in [0.05, 0.1) is 11.6 Å². The van der Waals surface area contributed by atoms with E-state index in [0.29, 0.717) is 5.56 Å². The molecule has 5 nitrogen and oxygen atoms in total. The van der Waals surface area contributed by atoms with Crippen LogP contribution in [0.3, 0.4) is 0 Å². The molecule has 0 amide bonds. The van der Waals surface area contributed by atoms with Crippen LogP contribution < -0.4 is 5.56 Å². The molecule has 0 aliphatic carbocycles. The number of alkyl halides is 5. The number of H-pyrrole nitrogens is 1. The van der Waals surface area contributed by atoms with Crippen LogP contribution in [0.5, 0.6) is 0 Å². The van der Waals surface area contributed by atoms with E-state index >= 15 is 0 Å². The highest BCUT2D eigenvalue weighted by Gasteiger charge is 2.30. The van der Waals surface area contributed by atoms with Crippen molar-refractivity contribution in [3.63, 3.8) is 0 Å². The van der Waals surface area contributed by atoms with Gasteiger partial charge in [0.1, 0.15) is 16.9 Å². The van der Waals surface area contributed by atoms with Crippen molar-refractivity contribution >= 4 is 11.0 Å². The zero-order valence-electron chi connectivity index (χ0n) is 13.6. The lowest BCUT2D eigenvalue weighted by Crippen LogP contribution is -2.13. The molecule has 10 heteroatoms. The number of nitrogens with zero attached hydrogens (tertiary/aromatic N) is 3. The summed E-state index contributed by atoms with van der Waals surface area (Å²) in [5, 5.41) is 3.47. The molecule has 0 spiro atoms. The van der Waals surface area contributed by atoms with E-state index in [-0.39, 0.29) is 16.9 Å². The van der Waals surface area contributed by atoms with Gasteiger partial charge in [0.25, 0.3) is 12.0 Å². The summed E-state index contributed by atoms with van der Waals surface area (Å²) in [5.41, 5.74) is -1.92. The lowest BCUT2D eigenvalue weighted by Gasteiger charge is -2.15. The van der Waals surface area contributed by atoms with Crippen LogP contribution in [-0.2, 0) is 6.18 Å². The molecule has 0 aliphatic rings. The molecule has 2 heterocycles. The summed E-state index contributed by atoms with van der Waals surface area (Å²) < 4.78 is 65.7. The van der Waals surface area contributed by atoms with E-state index in [1.54, 1.807) is 6.92 Å². The molecule has 138 valence electrons. The number of aromatic nitrogens is 4. The molecule has 0 saturated carbocycles. The maximum atomic E-state index is 13.3. The molecule has 0 saturated heterocycles. The molecule has 0 fully saturated rings. The molecule has 26 heavy (non-hydrogen) atoms. The fourth-order valence-electron chi connectivity index (χ4n) is 2.70. The van der Waals surface area contributed by atoms with Crippen LogP contribution in [0.1, 0.15) is 42.0 Å². The molecule has 1 unspecified atom stereocenters. The number of fused-ring (bicyclic) bond motifs is 1. The summed E-state index contributed by atoms with van der Waals surface area (Å²) >= 11 is 0. The second-order valence-electron chi connectivity index (χ2n) is 5.78. The Morgan fingerprint density at radius 1 is 1.15 bits per heavy atom. The Labute approximate surface area is 143 Å². The van der Waals surface area contributed by atoms with Gasteiger partial charge < -0.3 is 4.98 Å². The van der Waals surface area contributed by atoms with Crippen molar-refractivity contribution in [2.24, 2.45) is 0 Å². The second kappa shape index (κ2) is 6.19. The first-order valence-corrected chi connectivity index (χ1v) is 7.54. The van der Waals surface area contributed by atoms with Gasteiger partial charge in [0.2, 0.25) is 0 Å². The van der Waals surface area contributed by atoms with Crippen LogP contribution >= 0.6 is 0 Å². The van der Waals surface area contributed by atoms with Crippen LogP contribution in [-0.4, -0.2) is 19.7 Å². The number of rotatable bonds is 3. The van der Waals surface area contributed by atoms with Crippen molar-refractivity contribution in [1.82, 2.24) is 19.7 Å². The maximum Gasteiger partial charge on any atom is 0.416 e. The molecule has 1 aromatic carbocycles. The summed E-state index contributed by atoms with van der Waals surface area (Å²) in [6.45, 7) is 3.06. The van der Waals surface area contributed by atoms with Gasteiger partial charge in [-0.25, -0.2) is 18.4 Å². The van der Waals surface area contributed by atoms with Gasteiger partial charge in [-0.3, -0.25) is 4.79 Å². The Balaban J connectivity index is 2.14. The largest absolute Gasteiger partial charge is 0.416 e. The van der Waals surface area contributed by atoms with Crippen LogP contribution in [0.2, 0.25) is 0 Å². The number of nitrogens with one attached hydrogen (secondary N) is 1. The highest BCUT2D eigenvalue weighted by Crippen LogP contribution is 2.32. The lowest BCUT2D eigenvalue weighted by atomic mass is 10.1. The number of hydrogen-bond donors (Lipinski definition) is 1. The van der Waals surface area contributed by atoms with E-state index in [2.05, 4.69) is 15.1 Å². The summed E-state index contributed by atoms with van der Waals surface area (Å²) in [4.78, 5) is 18.5. The zero-order chi connectivity index (χ0) is 19.2. The van der Waals surface area contributed by atoms with Crippen molar-refractivity contribution in [2.45, 2.75) is 32.5 Å².